The van der Waals surface area contributed by atoms with E-state index in [9.17, 15) is 0 Å². The van der Waals surface area contributed by atoms with Crippen LogP contribution in [0.25, 0.3) is 0 Å². The highest BCUT2D eigenvalue weighted by Crippen LogP contribution is 2.10. The van der Waals surface area contributed by atoms with Crippen LogP contribution < -0.4 is 0 Å². The minimum absolute atomic E-state index is 0.937. The van der Waals surface area contributed by atoms with Crippen LogP contribution in [-0.4, -0.2) is 24.8 Å². The third-order valence-corrected chi connectivity index (χ3v) is 3.09. The molecule has 15 heavy (non-hydrogen) atoms. The lowest BCUT2D eigenvalue weighted by Gasteiger charge is -2.25. The highest BCUT2D eigenvalue weighted by molar-refractivity contribution is 4.56. The van der Waals surface area contributed by atoms with Crippen LogP contribution in [0.1, 0.15) is 64.7 Å². The van der Waals surface area contributed by atoms with Crippen LogP contribution in [0.5, 0.6) is 0 Å². The zero-order valence-electron chi connectivity index (χ0n) is 10.3. The van der Waals surface area contributed by atoms with Crippen LogP contribution in [0.3, 0.4) is 0 Å². The normalized spacial score (nSPS) is 18.2. The summed E-state index contributed by atoms with van der Waals surface area (Å²) in [6.45, 7) is 5.50. The van der Waals surface area contributed by atoms with Gasteiger partial charge in [-0.05, 0) is 19.3 Å². The van der Waals surface area contributed by atoms with Crippen LogP contribution in [0.2, 0.25) is 0 Å². The molecule has 0 aliphatic carbocycles. The fourth-order valence-electron chi connectivity index (χ4n) is 2.07. The summed E-state index contributed by atoms with van der Waals surface area (Å²) >= 11 is 0. The Hall–Kier alpha value is -0.0800. The fraction of sp³-hybridized carbons (Fsp3) is 1.00. The molecule has 90 valence electrons. The van der Waals surface area contributed by atoms with Crippen molar-refractivity contribution in [1.82, 2.24) is 5.06 Å². The first-order valence-corrected chi connectivity index (χ1v) is 6.81. The second kappa shape index (κ2) is 9.17. The summed E-state index contributed by atoms with van der Waals surface area (Å²) in [7, 11) is 0. The van der Waals surface area contributed by atoms with E-state index in [2.05, 4.69) is 12.0 Å². The average Bonchev–Trinajstić information content (AvgIpc) is 2.29. The number of unbranched alkanes of at least 4 members (excludes halogenated alkanes) is 5. The third-order valence-electron chi connectivity index (χ3n) is 3.09. The van der Waals surface area contributed by atoms with E-state index < -0.39 is 0 Å². The predicted molar refractivity (Wildman–Crippen MR) is 64.8 cm³/mol. The van der Waals surface area contributed by atoms with Gasteiger partial charge < -0.3 is 0 Å². The summed E-state index contributed by atoms with van der Waals surface area (Å²) in [5, 5.41) is 2.16. The van der Waals surface area contributed by atoms with Crippen LogP contribution in [0, 0.1) is 0 Å². The van der Waals surface area contributed by atoms with E-state index in [0.717, 1.165) is 19.7 Å². The van der Waals surface area contributed by atoms with Gasteiger partial charge in [-0.2, -0.15) is 5.06 Å². The van der Waals surface area contributed by atoms with Crippen molar-refractivity contribution in [1.29, 1.82) is 0 Å². The summed E-state index contributed by atoms with van der Waals surface area (Å²) in [4.78, 5) is 5.72. The Morgan fingerprint density at radius 2 is 1.53 bits per heavy atom. The first kappa shape index (κ1) is 13.0. The molecule has 1 fully saturated rings. The maximum atomic E-state index is 5.72. The third kappa shape index (κ3) is 6.91. The van der Waals surface area contributed by atoms with Gasteiger partial charge in [-0.3, -0.25) is 4.84 Å². The number of rotatable bonds is 8. The molecular formula is C13H27NO. The van der Waals surface area contributed by atoms with Crippen LogP contribution >= 0.6 is 0 Å². The minimum atomic E-state index is 0.937. The second-order valence-electron chi connectivity index (χ2n) is 4.59. The molecule has 0 spiro atoms. The molecule has 1 saturated heterocycles. The molecule has 1 heterocycles. The van der Waals surface area contributed by atoms with Crippen molar-refractivity contribution in [2.75, 3.05) is 19.7 Å². The number of nitrogens with zero attached hydrogens (tertiary/aromatic N) is 1. The average molecular weight is 213 g/mol. The number of hydrogen-bond donors (Lipinski definition) is 0. The lowest BCUT2D eigenvalue weighted by atomic mass is 10.1. The van der Waals surface area contributed by atoms with Crippen molar-refractivity contribution in [3.8, 4) is 0 Å². The zero-order chi connectivity index (χ0) is 10.8. The number of hydrogen-bond acceptors (Lipinski definition) is 2. The van der Waals surface area contributed by atoms with Gasteiger partial charge in [0.05, 0.1) is 6.61 Å². The minimum Gasteiger partial charge on any atom is -0.299 e. The highest BCUT2D eigenvalue weighted by Gasteiger charge is 2.09. The van der Waals surface area contributed by atoms with Gasteiger partial charge in [0.25, 0.3) is 0 Å². The first-order chi connectivity index (χ1) is 7.43. The molecule has 0 aromatic carbocycles. The van der Waals surface area contributed by atoms with E-state index >= 15 is 0 Å². The summed E-state index contributed by atoms with van der Waals surface area (Å²) in [5.41, 5.74) is 0. The highest BCUT2D eigenvalue weighted by atomic mass is 16.7. The maximum Gasteiger partial charge on any atom is 0.0685 e. The van der Waals surface area contributed by atoms with E-state index in [1.807, 2.05) is 0 Å². The smallest absolute Gasteiger partial charge is 0.0685 e. The molecule has 0 aromatic rings. The molecule has 0 aromatic heterocycles. The van der Waals surface area contributed by atoms with Gasteiger partial charge in [0.1, 0.15) is 0 Å². The van der Waals surface area contributed by atoms with E-state index in [-0.39, 0.29) is 0 Å². The van der Waals surface area contributed by atoms with Crippen molar-refractivity contribution in [3.63, 3.8) is 0 Å². The Morgan fingerprint density at radius 3 is 2.27 bits per heavy atom. The number of piperidine rings is 1. The van der Waals surface area contributed by atoms with Crippen molar-refractivity contribution < 1.29 is 4.84 Å². The maximum absolute atomic E-state index is 5.72. The van der Waals surface area contributed by atoms with Crippen LogP contribution in [0.4, 0.5) is 0 Å². The molecule has 0 amide bonds. The molecule has 2 heteroatoms. The van der Waals surface area contributed by atoms with Gasteiger partial charge in [-0.25, -0.2) is 0 Å². The van der Waals surface area contributed by atoms with E-state index in [1.54, 1.807) is 0 Å². The van der Waals surface area contributed by atoms with Gasteiger partial charge in [0.15, 0.2) is 0 Å². The van der Waals surface area contributed by atoms with Gasteiger partial charge in [-0.15, -0.1) is 0 Å². The van der Waals surface area contributed by atoms with Crippen molar-refractivity contribution in [2.24, 2.45) is 0 Å². The Labute approximate surface area is 94.9 Å². The summed E-state index contributed by atoms with van der Waals surface area (Å²) in [6, 6.07) is 0. The van der Waals surface area contributed by atoms with Gasteiger partial charge >= 0.3 is 0 Å². The molecule has 0 atom stereocenters. The van der Waals surface area contributed by atoms with Gasteiger partial charge in [0.2, 0.25) is 0 Å². The Bertz CT molecular complexity index is 132. The summed E-state index contributed by atoms with van der Waals surface area (Å²) in [5.74, 6) is 0. The summed E-state index contributed by atoms with van der Waals surface area (Å²) in [6.07, 6.45) is 12.1. The molecule has 1 rings (SSSR count). The SMILES string of the molecule is CCCCCCCCON1CCCCC1. The van der Waals surface area contributed by atoms with Crippen molar-refractivity contribution >= 4 is 0 Å². The van der Waals surface area contributed by atoms with Gasteiger partial charge in [0, 0.05) is 13.1 Å². The fourth-order valence-corrected chi connectivity index (χ4v) is 2.07. The molecule has 0 radical (unpaired) electrons. The summed E-state index contributed by atoms with van der Waals surface area (Å²) < 4.78 is 0. The molecule has 0 saturated carbocycles. The second-order valence-corrected chi connectivity index (χ2v) is 4.59. The Morgan fingerprint density at radius 1 is 0.867 bits per heavy atom. The topological polar surface area (TPSA) is 12.5 Å². The van der Waals surface area contributed by atoms with E-state index in [1.165, 1.54) is 57.8 Å². The van der Waals surface area contributed by atoms with Gasteiger partial charge in [-0.1, -0.05) is 45.4 Å². The molecule has 2 nitrogen and oxygen atoms in total. The lowest BCUT2D eigenvalue weighted by Crippen LogP contribution is -2.30. The largest absolute Gasteiger partial charge is 0.299 e. The molecule has 0 unspecified atom stereocenters. The zero-order valence-corrected chi connectivity index (χ0v) is 10.3. The predicted octanol–water partition coefficient (Wildman–Crippen LogP) is 3.76. The Balaban J connectivity index is 1.79. The standard InChI is InChI=1S/C13H27NO/c1-2-3-4-5-6-10-13-15-14-11-8-7-9-12-14/h2-13H2,1H3. The Kier molecular flexibility index (Phi) is 7.94. The monoisotopic (exact) mass is 213 g/mol. The van der Waals surface area contributed by atoms with Crippen molar-refractivity contribution in [2.45, 2.75) is 64.7 Å². The number of hydroxylamine groups is 2. The van der Waals surface area contributed by atoms with E-state index in [0.29, 0.717) is 0 Å². The van der Waals surface area contributed by atoms with Crippen LogP contribution in [0.15, 0.2) is 0 Å². The van der Waals surface area contributed by atoms with Crippen LogP contribution in [-0.2, 0) is 4.84 Å². The molecule has 1 aliphatic heterocycles. The lowest BCUT2D eigenvalue weighted by molar-refractivity contribution is -0.169. The molecule has 0 bridgehead atoms. The molecular weight excluding hydrogens is 186 g/mol. The van der Waals surface area contributed by atoms with E-state index in [4.69, 9.17) is 4.84 Å². The molecule has 1 aliphatic rings. The molecule has 0 N–H and O–H groups in total. The van der Waals surface area contributed by atoms with Crippen molar-refractivity contribution in [3.05, 3.63) is 0 Å². The quantitative estimate of drug-likeness (QED) is 0.569. The first-order valence-electron chi connectivity index (χ1n) is 6.81.